The van der Waals surface area contributed by atoms with E-state index in [9.17, 15) is 14.7 Å². The lowest BCUT2D eigenvalue weighted by atomic mass is 10.2. The minimum atomic E-state index is -1.27. The second kappa shape index (κ2) is 6.48. The molecule has 0 unspecified atom stereocenters. The number of aromatic hydroxyl groups is 1. The first-order valence-corrected chi connectivity index (χ1v) is 5.54. The Morgan fingerprint density at radius 2 is 2.11 bits per heavy atom. The van der Waals surface area contributed by atoms with Gasteiger partial charge in [0, 0.05) is 5.69 Å². The molecule has 0 aliphatic rings. The van der Waals surface area contributed by atoms with E-state index in [0.29, 0.717) is 6.61 Å². The number of unbranched alkanes of at least 4 members (excludes halogenated alkanes) is 1. The van der Waals surface area contributed by atoms with Crippen LogP contribution < -0.4 is 5.32 Å². The molecular formula is C12H15NO5. The number of hydrogen-bond donors (Lipinski definition) is 3. The number of phenols is 1. The predicted octanol–water partition coefficient (Wildman–Crippen LogP) is 2.44. The van der Waals surface area contributed by atoms with Gasteiger partial charge in [-0.2, -0.15) is 0 Å². The van der Waals surface area contributed by atoms with Gasteiger partial charge in [-0.3, -0.25) is 5.32 Å². The second-order valence-corrected chi connectivity index (χ2v) is 3.65. The Morgan fingerprint density at radius 3 is 2.72 bits per heavy atom. The second-order valence-electron chi connectivity index (χ2n) is 3.65. The lowest BCUT2D eigenvalue weighted by Crippen LogP contribution is -2.14. The average molecular weight is 253 g/mol. The highest BCUT2D eigenvalue weighted by Gasteiger charge is 2.11. The van der Waals surface area contributed by atoms with Crippen molar-refractivity contribution >= 4 is 17.7 Å². The van der Waals surface area contributed by atoms with Crippen LogP contribution in [0.4, 0.5) is 10.5 Å². The van der Waals surface area contributed by atoms with E-state index in [0.717, 1.165) is 12.8 Å². The summed E-state index contributed by atoms with van der Waals surface area (Å²) in [5, 5.41) is 20.5. The van der Waals surface area contributed by atoms with Gasteiger partial charge in [-0.1, -0.05) is 13.3 Å². The van der Waals surface area contributed by atoms with Crippen LogP contribution in [0.5, 0.6) is 5.75 Å². The van der Waals surface area contributed by atoms with Crippen molar-refractivity contribution in [3.63, 3.8) is 0 Å². The van der Waals surface area contributed by atoms with E-state index < -0.39 is 12.1 Å². The predicted molar refractivity (Wildman–Crippen MR) is 64.9 cm³/mol. The topological polar surface area (TPSA) is 95.9 Å². The summed E-state index contributed by atoms with van der Waals surface area (Å²) in [6, 6.07) is 3.76. The zero-order valence-electron chi connectivity index (χ0n) is 9.97. The fraction of sp³-hybridized carbons (Fsp3) is 0.333. The molecule has 6 heteroatoms. The van der Waals surface area contributed by atoms with Gasteiger partial charge in [0.2, 0.25) is 0 Å². The van der Waals surface area contributed by atoms with Crippen LogP contribution in [-0.2, 0) is 4.74 Å². The zero-order chi connectivity index (χ0) is 13.5. The highest BCUT2D eigenvalue weighted by Crippen LogP contribution is 2.21. The Labute approximate surface area is 104 Å². The maximum atomic E-state index is 11.3. The van der Waals surface area contributed by atoms with Gasteiger partial charge in [0.15, 0.2) is 0 Å². The van der Waals surface area contributed by atoms with Crippen LogP contribution in [0.3, 0.4) is 0 Å². The Morgan fingerprint density at radius 1 is 1.39 bits per heavy atom. The molecule has 0 aromatic heterocycles. The van der Waals surface area contributed by atoms with E-state index in [4.69, 9.17) is 9.84 Å². The number of amides is 1. The van der Waals surface area contributed by atoms with Gasteiger partial charge in [-0.15, -0.1) is 0 Å². The highest BCUT2D eigenvalue weighted by atomic mass is 16.5. The first kappa shape index (κ1) is 13.8. The van der Waals surface area contributed by atoms with E-state index in [1.807, 2.05) is 6.92 Å². The third kappa shape index (κ3) is 3.97. The van der Waals surface area contributed by atoms with Crippen LogP contribution in [0.2, 0.25) is 0 Å². The standard InChI is InChI=1S/C12H15NO5/c1-2-3-6-18-12(17)13-8-4-5-10(14)9(7-8)11(15)16/h4-5,7,14H,2-3,6H2,1H3,(H,13,17)(H,15,16). The number of rotatable bonds is 5. The number of hydrogen-bond acceptors (Lipinski definition) is 4. The summed E-state index contributed by atoms with van der Waals surface area (Å²) in [6.07, 6.45) is 1.03. The number of nitrogens with one attached hydrogen (secondary N) is 1. The van der Waals surface area contributed by atoms with Crippen LogP contribution in [-0.4, -0.2) is 28.9 Å². The molecule has 0 radical (unpaired) electrons. The molecule has 1 rings (SSSR count). The smallest absolute Gasteiger partial charge is 0.411 e. The van der Waals surface area contributed by atoms with Gasteiger partial charge >= 0.3 is 12.1 Å². The molecule has 1 aromatic carbocycles. The molecular weight excluding hydrogens is 238 g/mol. The number of carbonyl (C=O) groups excluding carboxylic acids is 1. The maximum Gasteiger partial charge on any atom is 0.411 e. The van der Waals surface area contributed by atoms with Crippen molar-refractivity contribution in [3.8, 4) is 5.75 Å². The van der Waals surface area contributed by atoms with Crippen molar-refractivity contribution in [2.24, 2.45) is 0 Å². The summed E-state index contributed by atoms with van der Waals surface area (Å²) in [6.45, 7) is 2.28. The minimum Gasteiger partial charge on any atom is -0.507 e. The Bertz CT molecular complexity index is 444. The third-order valence-electron chi connectivity index (χ3n) is 2.20. The Kier molecular flexibility index (Phi) is 4.98. The van der Waals surface area contributed by atoms with E-state index in [-0.39, 0.29) is 17.0 Å². The molecule has 0 spiro atoms. The van der Waals surface area contributed by atoms with Crippen molar-refractivity contribution < 1.29 is 24.5 Å². The number of carbonyl (C=O) groups is 2. The van der Waals surface area contributed by atoms with E-state index in [1.165, 1.54) is 18.2 Å². The fourth-order valence-electron chi connectivity index (χ4n) is 1.25. The quantitative estimate of drug-likeness (QED) is 0.553. The summed E-state index contributed by atoms with van der Waals surface area (Å²) < 4.78 is 4.86. The van der Waals surface area contributed by atoms with Crippen molar-refractivity contribution in [3.05, 3.63) is 23.8 Å². The molecule has 0 bridgehead atoms. The fourth-order valence-corrected chi connectivity index (χ4v) is 1.25. The summed E-state index contributed by atoms with van der Waals surface area (Å²) in [7, 11) is 0. The summed E-state index contributed by atoms with van der Waals surface area (Å²) in [5.41, 5.74) is -0.0203. The lowest BCUT2D eigenvalue weighted by Gasteiger charge is -2.07. The molecule has 0 atom stereocenters. The number of carboxylic acids is 1. The summed E-state index contributed by atoms with van der Waals surface area (Å²) >= 11 is 0. The summed E-state index contributed by atoms with van der Waals surface area (Å²) in [4.78, 5) is 22.1. The molecule has 1 aromatic rings. The molecule has 6 nitrogen and oxygen atoms in total. The van der Waals surface area contributed by atoms with Gasteiger partial charge in [-0.05, 0) is 24.6 Å². The maximum absolute atomic E-state index is 11.3. The molecule has 0 aliphatic heterocycles. The van der Waals surface area contributed by atoms with Crippen LogP contribution in [0.1, 0.15) is 30.1 Å². The number of ether oxygens (including phenoxy) is 1. The Hall–Kier alpha value is -2.24. The van der Waals surface area contributed by atoms with Gasteiger partial charge < -0.3 is 14.9 Å². The zero-order valence-corrected chi connectivity index (χ0v) is 9.97. The molecule has 0 saturated carbocycles. The van der Waals surface area contributed by atoms with Gasteiger partial charge in [-0.25, -0.2) is 9.59 Å². The Balaban J connectivity index is 2.65. The normalized spacial score (nSPS) is 9.83. The number of carboxylic acid groups (broad SMARTS) is 1. The van der Waals surface area contributed by atoms with Gasteiger partial charge in [0.25, 0.3) is 0 Å². The molecule has 1 amide bonds. The molecule has 0 heterocycles. The summed E-state index contributed by atoms with van der Waals surface area (Å²) in [5.74, 6) is -1.62. The van der Waals surface area contributed by atoms with Gasteiger partial charge in [0.1, 0.15) is 11.3 Å². The monoisotopic (exact) mass is 253 g/mol. The van der Waals surface area contributed by atoms with Crippen molar-refractivity contribution in [2.75, 3.05) is 11.9 Å². The van der Waals surface area contributed by atoms with E-state index in [2.05, 4.69) is 5.32 Å². The molecule has 18 heavy (non-hydrogen) atoms. The van der Waals surface area contributed by atoms with Crippen LogP contribution in [0.15, 0.2) is 18.2 Å². The van der Waals surface area contributed by atoms with Crippen LogP contribution >= 0.6 is 0 Å². The SMILES string of the molecule is CCCCOC(=O)Nc1ccc(O)c(C(=O)O)c1. The molecule has 0 aliphatic carbocycles. The lowest BCUT2D eigenvalue weighted by molar-refractivity contribution is 0.0693. The number of aromatic carboxylic acids is 1. The third-order valence-corrected chi connectivity index (χ3v) is 2.20. The first-order chi connectivity index (χ1) is 8.54. The van der Waals surface area contributed by atoms with Crippen LogP contribution in [0.25, 0.3) is 0 Å². The largest absolute Gasteiger partial charge is 0.507 e. The molecule has 3 N–H and O–H groups in total. The average Bonchev–Trinajstić information content (AvgIpc) is 2.31. The van der Waals surface area contributed by atoms with Crippen molar-refractivity contribution in [1.82, 2.24) is 0 Å². The minimum absolute atomic E-state index is 0.256. The van der Waals surface area contributed by atoms with Crippen molar-refractivity contribution in [1.29, 1.82) is 0 Å². The first-order valence-electron chi connectivity index (χ1n) is 5.54. The van der Waals surface area contributed by atoms with Gasteiger partial charge in [0.05, 0.1) is 6.61 Å². The van der Waals surface area contributed by atoms with E-state index >= 15 is 0 Å². The number of anilines is 1. The highest BCUT2D eigenvalue weighted by molar-refractivity contribution is 5.93. The molecule has 98 valence electrons. The van der Waals surface area contributed by atoms with Crippen molar-refractivity contribution in [2.45, 2.75) is 19.8 Å². The van der Waals surface area contributed by atoms with E-state index in [1.54, 1.807) is 0 Å². The molecule has 0 saturated heterocycles. The molecule has 0 fully saturated rings. The number of benzene rings is 1. The van der Waals surface area contributed by atoms with Crippen LogP contribution in [0, 0.1) is 0 Å².